The third-order valence-corrected chi connectivity index (χ3v) is 4.28. The van der Waals surface area contributed by atoms with E-state index >= 15 is 0 Å². The smallest absolute Gasteiger partial charge is 0.227 e. The lowest BCUT2D eigenvalue weighted by atomic mass is 9.99. The van der Waals surface area contributed by atoms with E-state index in [1.54, 1.807) is 6.07 Å². The fourth-order valence-corrected chi connectivity index (χ4v) is 2.37. The molecule has 1 aliphatic heterocycles. The lowest BCUT2D eigenvalue weighted by Crippen LogP contribution is -2.38. The van der Waals surface area contributed by atoms with Crippen LogP contribution in [-0.2, 0) is 10.0 Å². The van der Waals surface area contributed by atoms with Crippen molar-refractivity contribution in [2.75, 3.05) is 19.6 Å². The first kappa shape index (κ1) is 12.4. The molecule has 1 aliphatic rings. The van der Waals surface area contributed by atoms with Crippen LogP contribution >= 0.6 is 0 Å². The maximum atomic E-state index is 11.5. The van der Waals surface area contributed by atoms with Gasteiger partial charge in [-0.05, 0) is 38.8 Å². The van der Waals surface area contributed by atoms with E-state index in [0.717, 1.165) is 25.9 Å². The molecule has 1 unspecified atom stereocenters. The average molecular weight is 231 g/mol. The molecule has 0 bridgehead atoms. The maximum absolute atomic E-state index is 11.5. The Kier molecular flexibility index (Phi) is 4.51. The van der Waals surface area contributed by atoms with E-state index < -0.39 is 15.3 Å². The monoisotopic (exact) mass is 231 g/mol. The second-order valence-corrected chi connectivity index (χ2v) is 5.94. The second-order valence-electron chi connectivity index (χ2n) is 3.86. The van der Waals surface area contributed by atoms with Gasteiger partial charge in [0, 0.05) is 6.54 Å². The van der Waals surface area contributed by atoms with Crippen LogP contribution in [0.5, 0.6) is 0 Å². The van der Waals surface area contributed by atoms with E-state index in [9.17, 15) is 8.42 Å². The predicted molar refractivity (Wildman–Crippen MR) is 57.6 cm³/mol. The molecule has 0 aromatic rings. The van der Waals surface area contributed by atoms with E-state index in [4.69, 9.17) is 5.26 Å². The number of hydrogen-bond acceptors (Lipinski definition) is 4. The van der Waals surface area contributed by atoms with Gasteiger partial charge in [-0.2, -0.15) is 5.26 Å². The molecule has 5 nitrogen and oxygen atoms in total. The molecule has 0 aliphatic carbocycles. The van der Waals surface area contributed by atoms with Gasteiger partial charge in [-0.15, -0.1) is 0 Å². The lowest BCUT2D eigenvalue weighted by molar-refractivity contribution is 0.372. The van der Waals surface area contributed by atoms with Crippen LogP contribution in [0.4, 0.5) is 0 Å². The minimum absolute atomic E-state index is 0.395. The summed E-state index contributed by atoms with van der Waals surface area (Å²) in [6.07, 6.45) is 1.98. The predicted octanol–water partition coefficient (Wildman–Crippen LogP) is -0.183. The van der Waals surface area contributed by atoms with Crippen LogP contribution in [0, 0.1) is 17.2 Å². The Labute approximate surface area is 90.9 Å². The first-order valence-corrected chi connectivity index (χ1v) is 6.69. The van der Waals surface area contributed by atoms with Crippen molar-refractivity contribution >= 4 is 10.0 Å². The van der Waals surface area contributed by atoms with Gasteiger partial charge in [-0.3, -0.25) is 0 Å². The molecule has 1 fully saturated rings. The Balaban J connectivity index is 2.39. The van der Waals surface area contributed by atoms with E-state index in [1.165, 1.54) is 6.92 Å². The summed E-state index contributed by atoms with van der Waals surface area (Å²) in [6, 6.07) is 1.73. The zero-order valence-corrected chi connectivity index (χ0v) is 9.68. The summed E-state index contributed by atoms with van der Waals surface area (Å²) in [5.41, 5.74) is 0. The van der Waals surface area contributed by atoms with Gasteiger partial charge in [0.05, 0.1) is 6.07 Å². The number of hydrogen-bond donors (Lipinski definition) is 2. The van der Waals surface area contributed by atoms with Crippen LogP contribution in [0.15, 0.2) is 0 Å². The summed E-state index contributed by atoms with van der Waals surface area (Å²) in [5, 5.41) is 10.8. The molecular weight excluding hydrogens is 214 g/mol. The van der Waals surface area contributed by atoms with Crippen LogP contribution in [0.25, 0.3) is 0 Å². The fraction of sp³-hybridized carbons (Fsp3) is 0.889. The highest BCUT2D eigenvalue weighted by atomic mass is 32.2. The maximum Gasteiger partial charge on any atom is 0.227 e. The molecule has 0 radical (unpaired) electrons. The summed E-state index contributed by atoms with van der Waals surface area (Å²) in [4.78, 5) is 0. The highest BCUT2D eigenvalue weighted by Crippen LogP contribution is 2.10. The number of rotatable bonds is 4. The molecule has 0 spiro atoms. The van der Waals surface area contributed by atoms with Crippen LogP contribution in [-0.4, -0.2) is 33.3 Å². The highest BCUT2D eigenvalue weighted by molar-refractivity contribution is 7.90. The first-order chi connectivity index (χ1) is 7.06. The molecule has 6 heteroatoms. The molecule has 0 saturated carbocycles. The van der Waals surface area contributed by atoms with Gasteiger partial charge in [0.15, 0.2) is 5.25 Å². The number of nitrogens with zero attached hydrogens (tertiary/aromatic N) is 1. The molecule has 15 heavy (non-hydrogen) atoms. The van der Waals surface area contributed by atoms with Crippen molar-refractivity contribution in [3.05, 3.63) is 0 Å². The first-order valence-electron chi connectivity index (χ1n) is 5.15. The van der Waals surface area contributed by atoms with E-state index in [0.29, 0.717) is 12.5 Å². The molecule has 0 amide bonds. The Morgan fingerprint density at radius 3 is 2.67 bits per heavy atom. The van der Waals surface area contributed by atoms with E-state index in [1.807, 2.05) is 0 Å². The average Bonchev–Trinajstić information content (AvgIpc) is 2.27. The molecule has 86 valence electrons. The largest absolute Gasteiger partial charge is 0.317 e. The van der Waals surface area contributed by atoms with Crippen molar-refractivity contribution in [1.29, 1.82) is 5.26 Å². The molecule has 1 heterocycles. The summed E-state index contributed by atoms with van der Waals surface area (Å²) in [7, 11) is -3.44. The summed E-state index contributed by atoms with van der Waals surface area (Å²) in [5.74, 6) is 0.395. The molecule has 1 rings (SSSR count). The van der Waals surface area contributed by atoms with Gasteiger partial charge >= 0.3 is 0 Å². The molecule has 0 aromatic carbocycles. The summed E-state index contributed by atoms with van der Waals surface area (Å²) in [6.45, 7) is 3.74. The zero-order chi connectivity index (χ0) is 11.3. The Morgan fingerprint density at radius 1 is 1.53 bits per heavy atom. The second kappa shape index (κ2) is 5.45. The zero-order valence-electron chi connectivity index (χ0n) is 8.86. The van der Waals surface area contributed by atoms with Gasteiger partial charge in [0.1, 0.15) is 0 Å². The van der Waals surface area contributed by atoms with Gasteiger partial charge in [-0.1, -0.05) is 0 Å². The Hall–Kier alpha value is -0.640. The van der Waals surface area contributed by atoms with Crippen LogP contribution in [0.1, 0.15) is 19.8 Å². The number of sulfonamides is 1. The van der Waals surface area contributed by atoms with E-state index in [-0.39, 0.29) is 0 Å². The normalized spacial score (nSPS) is 20.8. The van der Waals surface area contributed by atoms with Crippen LogP contribution in [0.2, 0.25) is 0 Å². The Bertz CT molecular complexity index is 328. The van der Waals surface area contributed by atoms with Crippen molar-refractivity contribution in [1.82, 2.24) is 10.0 Å². The van der Waals surface area contributed by atoms with Crippen molar-refractivity contribution in [2.45, 2.75) is 25.0 Å². The van der Waals surface area contributed by atoms with Crippen molar-refractivity contribution in [3.63, 3.8) is 0 Å². The minimum atomic E-state index is -3.44. The molecule has 1 atom stereocenters. The van der Waals surface area contributed by atoms with Crippen LogP contribution < -0.4 is 10.0 Å². The summed E-state index contributed by atoms with van der Waals surface area (Å²) >= 11 is 0. The lowest BCUT2D eigenvalue weighted by Gasteiger charge is -2.22. The number of nitrogens with one attached hydrogen (secondary N) is 2. The van der Waals surface area contributed by atoms with Crippen molar-refractivity contribution < 1.29 is 8.42 Å². The molecule has 1 saturated heterocycles. The Morgan fingerprint density at radius 2 is 2.13 bits per heavy atom. The van der Waals surface area contributed by atoms with Gasteiger partial charge in [0.25, 0.3) is 0 Å². The van der Waals surface area contributed by atoms with Crippen molar-refractivity contribution in [2.24, 2.45) is 5.92 Å². The fourth-order valence-electron chi connectivity index (χ4n) is 1.51. The molecule has 0 aromatic heterocycles. The van der Waals surface area contributed by atoms with Gasteiger partial charge in [0.2, 0.25) is 10.0 Å². The number of nitriles is 1. The quantitative estimate of drug-likeness (QED) is 0.703. The third kappa shape index (κ3) is 3.78. The van der Waals surface area contributed by atoms with Gasteiger partial charge in [-0.25, -0.2) is 13.1 Å². The highest BCUT2D eigenvalue weighted by Gasteiger charge is 2.22. The van der Waals surface area contributed by atoms with Crippen LogP contribution in [0.3, 0.4) is 0 Å². The topological polar surface area (TPSA) is 82.0 Å². The standard InChI is InChI=1S/C9H17N3O2S/c1-8(6-10)15(13,14)12-7-9-2-4-11-5-3-9/h8-9,11-12H,2-5,7H2,1H3. The van der Waals surface area contributed by atoms with E-state index in [2.05, 4.69) is 10.0 Å². The SMILES string of the molecule is CC(C#N)S(=O)(=O)NCC1CCNCC1. The third-order valence-electron chi connectivity index (χ3n) is 2.68. The van der Waals surface area contributed by atoms with Crippen molar-refractivity contribution in [3.8, 4) is 6.07 Å². The molecular formula is C9H17N3O2S. The molecule has 2 N–H and O–H groups in total. The summed E-state index contributed by atoms with van der Waals surface area (Å²) < 4.78 is 25.4. The number of piperidine rings is 1. The van der Waals surface area contributed by atoms with Gasteiger partial charge < -0.3 is 5.32 Å². The minimum Gasteiger partial charge on any atom is -0.317 e.